The molecule has 1 fully saturated rings. The molecule has 0 atom stereocenters. The number of hydrogen-bond acceptors (Lipinski definition) is 5. The molecule has 1 amide bonds. The summed E-state index contributed by atoms with van der Waals surface area (Å²) in [6.07, 6.45) is 6.24. The van der Waals surface area contributed by atoms with Crippen molar-refractivity contribution in [1.29, 1.82) is 0 Å². The van der Waals surface area contributed by atoms with E-state index in [4.69, 9.17) is 4.74 Å². The fraction of sp³-hybridized carbons (Fsp3) is 0.333. The van der Waals surface area contributed by atoms with E-state index in [1.54, 1.807) is 12.4 Å². The number of hydrogen-bond donors (Lipinski definition) is 1. The van der Waals surface area contributed by atoms with Crippen LogP contribution in [0.15, 0.2) is 54.9 Å². The summed E-state index contributed by atoms with van der Waals surface area (Å²) in [5, 5.41) is 7.35. The third kappa shape index (κ3) is 4.54. The van der Waals surface area contributed by atoms with E-state index in [2.05, 4.69) is 20.2 Å². The van der Waals surface area contributed by atoms with Gasteiger partial charge in [-0.1, -0.05) is 18.2 Å². The number of carbonyl (C=O) groups is 1. The molecule has 1 saturated heterocycles. The largest absolute Gasteiger partial charge is 0.484 e. The van der Waals surface area contributed by atoms with Crippen molar-refractivity contribution >= 4 is 5.91 Å². The molecule has 0 bridgehead atoms. The Morgan fingerprint density at radius 1 is 1.11 bits per heavy atom. The first-order valence-electron chi connectivity index (χ1n) is 9.55. The Hall–Kier alpha value is -3.22. The van der Waals surface area contributed by atoms with E-state index in [-0.39, 0.29) is 12.5 Å². The van der Waals surface area contributed by atoms with Gasteiger partial charge in [-0.25, -0.2) is 4.98 Å². The molecule has 1 N–H and O–H groups in total. The molecule has 0 unspecified atom stereocenters. The van der Waals surface area contributed by atoms with Gasteiger partial charge in [0.2, 0.25) is 0 Å². The number of ether oxygens (including phenoxy) is 1. The van der Waals surface area contributed by atoms with Gasteiger partial charge in [0.15, 0.2) is 12.4 Å². The maximum atomic E-state index is 12.4. The van der Waals surface area contributed by atoms with E-state index in [9.17, 15) is 4.79 Å². The Bertz CT molecular complexity index is 889. The van der Waals surface area contributed by atoms with Gasteiger partial charge in [-0.2, -0.15) is 5.10 Å². The van der Waals surface area contributed by atoms with Crippen molar-refractivity contribution in [1.82, 2.24) is 25.1 Å². The van der Waals surface area contributed by atoms with E-state index in [1.165, 1.54) is 0 Å². The van der Waals surface area contributed by atoms with Crippen LogP contribution in [0.5, 0.6) is 5.75 Å². The number of nitrogens with one attached hydrogen (secondary N) is 1. The molecule has 4 rings (SSSR count). The first kappa shape index (κ1) is 18.2. The van der Waals surface area contributed by atoms with Gasteiger partial charge in [-0.05, 0) is 43.0 Å². The summed E-state index contributed by atoms with van der Waals surface area (Å²) in [7, 11) is 0. The Labute approximate surface area is 163 Å². The predicted octanol–water partition coefficient (Wildman–Crippen LogP) is 2.73. The van der Waals surface area contributed by atoms with E-state index in [1.807, 2.05) is 47.4 Å². The molecule has 0 radical (unpaired) electrons. The van der Waals surface area contributed by atoms with Gasteiger partial charge in [0.25, 0.3) is 5.91 Å². The molecule has 0 aliphatic carbocycles. The average Bonchev–Trinajstić information content (AvgIpc) is 3.22. The SMILES string of the molecule is O=C(COc1ccccc1)N1CCC(Cc2nc(-c3ccncc3)n[nH]2)CC1. The van der Waals surface area contributed by atoms with Crippen molar-refractivity contribution in [3.05, 3.63) is 60.7 Å². The first-order valence-corrected chi connectivity index (χ1v) is 9.55. The summed E-state index contributed by atoms with van der Waals surface area (Å²) in [5.41, 5.74) is 0.955. The molecule has 1 aliphatic heterocycles. The van der Waals surface area contributed by atoms with Crippen LogP contribution in [0.25, 0.3) is 11.4 Å². The maximum Gasteiger partial charge on any atom is 0.260 e. The van der Waals surface area contributed by atoms with Gasteiger partial charge >= 0.3 is 0 Å². The zero-order valence-electron chi connectivity index (χ0n) is 15.6. The van der Waals surface area contributed by atoms with Gasteiger partial charge in [0.05, 0.1) is 0 Å². The van der Waals surface area contributed by atoms with Crippen molar-refractivity contribution in [2.75, 3.05) is 19.7 Å². The minimum atomic E-state index is 0.0435. The highest BCUT2D eigenvalue weighted by atomic mass is 16.5. The Morgan fingerprint density at radius 3 is 2.61 bits per heavy atom. The number of likely N-dealkylation sites (tertiary alicyclic amines) is 1. The van der Waals surface area contributed by atoms with Gasteiger partial charge in [-0.3, -0.25) is 14.9 Å². The van der Waals surface area contributed by atoms with Gasteiger partial charge in [0.1, 0.15) is 11.6 Å². The summed E-state index contributed by atoms with van der Waals surface area (Å²) < 4.78 is 5.57. The van der Waals surface area contributed by atoms with Gasteiger partial charge < -0.3 is 9.64 Å². The van der Waals surface area contributed by atoms with Gasteiger partial charge in [0, 0.05) is 37.5 Å². The lowest BCUT2D eigenvalue weighted by molar-refractivity contribution is -0.134. The smallest absolute Gasteiger partial charge is 0.260 e. The lowest BCUT2D eigenvalue weighted by Crippen LogP contribution is -2.41. The zero-order valence-corrected chi connectivity index (χ0v) is 15.6. The van der Waals surface area contributed by atoms with Crippen LogP contribution in [0.1, 0.15) is 18.7 Å². The number of benzene rings is 1. The van der Waals surface area contributed by atoms with Crippen molar-refractivity contribution in [3.8, 4) is 17.1 Å². The molecule has 0 spiro atoms. The summed E-state index contributed by atoms with van der Waals surface area (Å²) in [5.74, 6) is 2.85. The van der Waals surface area contributed by atoms with Crippen LogP contribution in [-0.4, -0.2) is 50.7 Å². The van der Waals surface area contributed by atoms with Crippen LogP contribution in [0.2, 0.25) is 0 Å². The molecule has 28 heavy (non-hydrogen) atoms. The molecular formula is C21H23N5O2. The predicted molar refractivity (Wildman–Crippen MR) is 105 cm³/mol. The highest BCUT2D eigenvalue weighted by Gasteiger charge is 2.24. The number of H-pyrrole nitrogens is 1. The van der Waals surface area contributed by atoms with Crippen LogP contribution < -0.4 is 4.74 Å². The summed E-state index contributed by atoms with van der Waals surface area (Å²) in [4.78, 5) is 22.9. The minimum absolute atomic E-state index is 0.0435. The quantitative estimate of drug-likeness (QED) is 0.714. The number of rotatable bonds is 6. The second-order valence-corrected chi connectivity index (χ2v) is 6.97. The van der Waals surface area contributed by atoms with Crippen LogP contribution in [0, 0.1) is 5.92 Å². The summed E-state index contributed by atoms with van der Waals surface area (Å²) >= 11 is 0. The van der Waals surface area contributed by atoms with Crippen LogP contribution in [0.3, 0.4) is 0 Å². The molecule has 2 aromatic heterocycles. The number of amides is 1. The Morgan fingerprint density at radius 2 is 1.86 bits per heavy atom. The maximum absolute atomic E-state index is 12.4. The van der Waals surface area contributed by atoms with Crippen molar-refractivity contribution in [2.45, 2.75) is 19.3 Å². The van der Waals surface area contributed by atoms with Crippen molar-refractivity contribution in [3.63, 3.8) is 0 Å². The van der Waals surface area contributed by atoms with E-state index in [0.29, 0.717) is 11.7 Å². The summed E-state index contributed by atoms with van der Waals surface area (Å²) in [6.45, 7) is 1.60. The normalized spacial score (nSPS) is 14.8. The number of piperidine rings is 1. The molecule has 144 valence electrons. The molecule has 3 aromatic rings. The second kappa shape index (κ2) is 8.65. The molecule has 0 saturated carbocycles. The molecule has 1 aromatic carbocycles. The lowest BCUT2D eigenvalue weighted by Gasteiger charge is -2.31. The second-order valence-electron chi connectivity index (χ2n) is 6.97. The fourth-order valence-electron chi connectivity index (χ4n) is 3.43. The average molecular weight is 377 g/mol. The lowest BCUT2D eigenvalue weighted by atomic mass is 9.93. The number of carbonyl (C=O) groups excluding carboxylic acids is 1. The first-order chi connectivity index (χ1) is 13.8. The number of pyridine rings is 1. The molecule has 3 heterocycles. The Balaban J connectivity index is 1.24. The molecule has 7 heteroatoms. The molecule has 1 aliphatic rings. The zero-order chi connectivity index (χ0) is 19.2. The molecule has 7 nitrogen and oxygen atoms in total. The molecular weight excluding hydrogens is 354 g/mol. The van der Waals surface area contributed by atoms with Crippen molar-refractivity contribution in [2.24, 2.45) is 5.92 Å². The van der Waals surface area contributed by atoms with Crippen molar-refractivity contribution < 1.29 is 9.53 Å². The van der Waals surface area contributed by atoms with Crippen LogP contribution in [-0.2, 0) is 11.2 Å². The van der Waals surface area contributed by atoms with Crippen LogP contribution in [0.4, 0.5) is 0 Å². The van der Waals surface area contributed by atoms with Crippen LogP contribution >= 0.6 is 0 Å². The third-order valence-electron chi connectivity index (χ3n) is 5.03. The number of aromatic amines is 1. The Kier molecular flexibility index (Phi) is 5.61. The van der Waals surface area contributed by atoms with E-state index < -0.39 is 0 Å². The fourth-order valence-corrected chi connectivity index (χ4v) is 3.43. The number of para-hydroxylation sites is 1. The summed E-state index contributed by atoms with van der Waals surface area (Å²) in [6, 6.07) is 13.2. The van der Waals surface area contributed by atoms with E-state index in [0.717, 1.165) is 49.5 Å². The highest BCUT2D eigenvalue weighted by Crippen LogP contribution is 2.22. The number of nitrogens with zero attached hydrogens (tertiary/aromatic N) is 4. The van der Waals surface area contributed by atoms with E-state index >= 15 is 0 Å². The monoisotopic (exact) mass is 377 g/mol. The van der Waals surface area contributed by atoms with Gasteiger partial charge in [-0.15, -0.1) is 0 Å². The highest BCUT2D eigenvalue weighted by molar-refractivity contribution is 5.77. The number of aromatic nitrogens is 4. The minimum Gasteiger partial charge on any atom is -0.484 e. The standard InChI is InChI=1S/C21H23N5O2/c27-20(15-28-18-4-2-1-3-5-18)26-12-8-16(9-13-26)14-19-23-21(25-24-19)17-6-10-22-11-7-17/h1-7,10-11,16H,8-9,12-15H2,(H,23,24,25). The topological polar surface area (TPSA) is 84.0 Å². The third-order valence-corrected chi connectivity index (χ3v) is 5.03.